The Morgan fingerprint density at radius 1 is 1.30 bits per heavy atom. The molecule has 0 fully saturated rings. The Kier molecular flexibility index (Phi) is 5.55. The summed E-state index contributed by atoms with van der Waals surface area (Å²) < 4.78 is 7.48. The maximum atomic E-state index is 5.74. The zero-order valence-electron chi connectivity index (χ0n) is 12.1. The van der Waals surface area contributed by atoms with Gasteiger partial charge >= 0.3 is 0 Å². The average Bonchev–Trinajstić information content (AvgIpc) is 2.85. The van der Waals surface area contributed by atoms with Gasteiger partial charge in [0.05, 0.1) is 12.3 Å². The molecular formula is C15H22N4O. The van der Waals surface area contributed by atoms with E-state index in [0.717, 1.165) is 30.8 Å². The molecule has 0 spiro atoms. The van der Waals surface area contributed by atoms with Crippen molar-refractivity contribution in [1.29, 1.82) is 0 Å². The van der Waals surface area contributed by atoms with Crippen molar-refractivity contribution in [2.24, 2.45) is 7.05 Å². The highest BCUT2D eigenvalue weighted by Crippen LogP contribution is 2.10. The van der Waals surface area contributed by atoms with Gasteiger partial charge in [-0.15, -0.1) is 5.10 Å². The van der Waals surface area contributed by atoms with Crippen molar-refractivity contribution >= 4 is 0 Å². The zero-order chi connectivity index (χ0) is 14.2. The summed E-state index contributed by atoms with van der Waals surface area (Å²) in [5, 5.41) is 11.6. The Morgan fingerprint density at radius 3 is 2.75 bits per heavy atom. The number of hydrogen-bond acceptors (Lipinski definition) is 4. The van der Waals surface area contributed by atoms with Gasteiger partial charge in [0.15, 0.2) is 0 Å². The van der Waals surface area contributed by atoms with Crippen molar-refractivity contribution in [3.63, 3.8) is 0 Å². The zero-order valence-corrected chi connectivity index (χ0v) is 12.1. The first-order valence-electron chi connectivity index (χ1n) is 7.04. The molecule has 1 aromatic carbocycles. The molecule has 0 bridgehead atoms. The summed E-state index contributed by atoms with van der Waals surface area (Å²) in [5.74, 6) is 0.919. The maximum absolute atomic E-state index is 5.74. The number of likely N-dealkylation sites (N-methyl/N-ethyl adjacent to an activating group) is 1. The Hall–Kier alpha value is -1.88. The van der Waals surface area contributed by atoms with Gasteiger partial charge in [0, 0.05) is 25.7 Å². The minimum Gasteiger partial charge on any atom is -0.494 e. The number of benzene rings is 1. The van der Waals surface area contributed by atoms with Gasteiger partial charge in [0.2, 0.25) is 0 Å². The van der Waals surface area contributed by atoms with E-state index in [-0.39, 0.29) is 0 Å². The molecule has 0 saturated heterocycles. The van der Waals surface area contributed by atoms with Gasteiger partial charge in [-0.3, -0.25) is 4.68 Å². The third-order valence-electron chi connectivity index (χ3n) is 3.08. The van der Waals surface area contributed by atoms with Crippen LogP contribution in [0.3, 0.4) is 0 Å². The molecular weight excluding hydrogens is 252 g/mol. The van der Waals surface area contributed by atoms with Crippen LogP contribution in [0.1, 0.15) is 19.0 Å². The van der Waals surface area contributed by atoms with E-state index in [9.17, 15) is 0 Å². The fraction of sp³-hybridized carbons (Fsp3) is 0.467. The predicted octanol–water partition coefficient (Wildman–Crippen LogP) is 1.80. The van der Waals surface area contributed by atoms with Gasteiger partial charge in [-0.25, -0.2) is 0 Å². The lowest BCUT2D eigenvalue weighted by Crippen LogP contribution is -2.32. The fourth-order valence-electron chi connectivity index (χ4n) is 2.14. The highest BCUT2D eigenvalue weighted by Gasteiger charge is 2.11. The summed E-state index contributed by atoms with van der Waals surface area (Å²) in [6.07, 6.45) is 3.78. The average molecular weight is 274 g/mol. The van der Waals surface area contributed by atoms with E-state index >= 15 is 0 Å². The highest BCUT2D eigenvalue weighted by molar-refractivity contribution is 5.20. The number of nitrogens with zero attached hydrogens (tertiary/aromatic N) is 3. The van der Waals surface area contributed by atoms with Crippen LogP contribution in [0.15, 0.2) is 36.5 Å². The summed E-state index contributed by atoms with van der Waals surface area (Å²) in [6.45, 7) is 3.75. The van der Waals surface area contributed by atoms with Crippen LogP contribution in [0, 0.1) is 0 Å². The molecule has 2 aromatic rings. The van der Waals surface area contributed by atoms with Crippen molar-refractivity contribution in [1.82, 2.24) is 20.3 Å². The first kappa shape index (κ1) is 14.5. The lowest BCUT2D eigenvalue weighted by Gasteiger charge is -2.16. The number of hydrogen-bond donors (Lipinski definition) is 1. The van der Waals surface area contributed by atoms with Crippen molar-refractivity contribution in [2.45, 2.75) is 25.8 Å². The van der Waals surface area contributed by atoms with E-state index in [1.807, 2.05) is 43.6 Å². The number of ether oxygens (including phenoxy) is 1. The minimum absolute atomic E-state index is 0.361. The summed E-state index contributed by atoms with van der Waals surface area (Å²) in [6, 6.07) is 10.3. The third-order valence-corrected chi connectivity index (χ3v) is 3.08. The summed E-state index contributed by atoms with van der Waals surface area (Å²) >= 11 is 0. The second kappa shape index (κ2) is 7.65. The van der Waals surface area contributed by atoms with Gasteiger partial charge in [0.25, 0.3) is 0 Å². The number of aryl methyl sites for hydroxylation is 1. The van der Waals surface area contributed by atoms with Crippen LogP contribution in [0.25, 0.3) is 0 Å². The van der Waals surface area contributed by atoms with Crippen LogP contribution in [-0.2, 0) is 13.5 Å². The van der Waals surface area contributed by atoms with Gasteiger partial charge < -0.3 is 10.1 Å². The molecule has 5 nitrogen and oxygen atoms in total. The molecule has 20 heavy (non-hydrogen) atoms. The Morgan fingerprint density at radius 2 is 2.10 bits per heavy atom. The standard InChI is InChI=1S/C15H22N4O/c1-3-16-13(11-14-12-19(2)18-17-14)9-10-20-15-7-5-4-6-8-15/h4-8,12-13,16H,3,9-11H2,1-2H3. The smallest absolute Gasteiger partial charge is 0.119 e. The second-order valence-corrected chi connectivity index (χ2v) is 4.79. The normalized spacial score (nSPS) is 12.3. The van der Waals surface area contributed by atoms with E-state index in [1.165, 1.54) is 0 Å². The Balaban J connectivity index is 1.80. The first-order valence-corrected chi connectivity index (χ1v) is 7.04. The SMILES string of the molecule is CCNC(CCOc1ccccc1)Cc1cn(C)nn1. The molecule has 1 atom stereocenters. The van der Waals surface area contributed by atoms with Crippen LogP contribution in [-0.4, -0.2) is 34.2 Å². The fourth-order valence-corrected chi connectivity index (χ4v) is 2.14. The lowest BCUT2D eigenvalue weighted by atomic mass is 10.1. The number of para-hydroxylation sites is 1. The molecule has 1 aromatic heterocycles. The molecule has 1 unspecified atom stereocenters. The van der Waals surface area contributed by atoms with Crippen molar-refractivity contribution in [3.05, 3.63) is 42.2 Å². The Labute approximate surface area is 120 Å². The van der Waals surface area contributed by atoms with Gasteiger partial charge in [-0.05, 0) is 25.1 Å². The van der Waals surface area contributed by atoms with Gasteiger partial charge in [-0.2, -0.15) is 0 Å². The Bertz CT molecular complexity index is 498. The van der Waals surface area contributed by atoms with E-state index < -0.39 is 0 Å². The second-order valence-electron chi connectivity index (χ2n) is 4.79. The largest absolute Gasteiger partial charge is 0.494 e. The molecule has 1 heterocycles. The van der Waals surface area contributed by atoms with Gasteiger partial charge in [0.1, 0.15) is 5.75 Å². The van der Waals surface area contributed by atoms with Crippen LogP contribution in [0.5, 0.6) is 5.75 Å². The molecule has 2 rings (SSSR count). The van der Waals surface area contributed by atoms with Crippen LogP contribution in [0.4, 0.5) is 0 Å². The van der Waals surface area contributed by atoms with Crippen molar-refractivity contribution in [3.8, 4) is 5.75 Å². The molecule has 0 aliphatic carbocycles. The minimum atomic E-state index is 0.361. The van der Waals surface area contributed by atoms with E-state index in [4.69, 9.17) is 4.74 Å². The van der Waals surface area contributed by atoms with E-state index in [2.05, 4.69) is 22.6 Å². The number of nitrogens with one attached hydrogen (secondary N) is 1. The monoisotopic (exact) mass is 274 g/mol. The molecule has 1 N–H and O–H groups in total. The molecule has 0 aliphatic rings. The van der Waals surface area contributed by atoms with Gasteiger partial charge in [-0.1, -0.05) is 30.3 Å². The molecule has 0 saturated carbocycles. The van der Waals surface area contributed by atoms with Crippen molar-refractivity contribution < 1.29 is 4.74 Å². The molecule has 5 heteroatoms. The summed E-state index contributed by atoms with van der Waals surface area (Å²) in [4.78, 5) is 0. The number of aromatic nitrogens is 3. The van der Waals surface area contributed by atoms with E-state index in [0.29, 0.717) is 12.6 Å². The summed E-state index contributed by atoms with van der Waals surface area (Å²) in [7, 11) is 1.89. The maximum Gasteiger partial charge on any atom is 0.119 e. The highest BCUT2D eigenvalue weighted by atomic mass is 16.5. The third kappa shape index (κ3) is 4.66. The molecule has 0 aliphatic heterocycles. The topological polar surface area (TPSA) is 52.0 Å². The van der Waals surface area contributed by atoms with Crippen molar-refractivity contribution in [2.75, 3.05) is 13.2 Å². The van der Waals surface area contributed by atoms with Crippen LogP contribution < -0.4 is 10.1 Å². The predicted molar refractivity (Wildman–Crippen MR) is 78.7 cm³/mol. The van der Waals surface area contributed by atoms with Crippen LogP contribution >= 0.6 is 0 Å². The van der Waals surface area contributed by atoms with E-state index in [1.54, 1.807) is 4.68 Å². The first-order chi connectivity index (χ1) is 9.78. The quantitative estimate of drug-likeness (QED) is 0.797. The molecule has 0 amide bonds. The lowest BCUT2D eigenvalue weighted by molar-refractivity contribution is 0.285. The molecule has 108 valence electrons. The molecule has 0 radical (unpaired) electrons. The van der Waals surface area contributed by atoms with Crippen LogP contribution in [0.2, 0.25) is 0 Å². The number of rotatable bonds is 8. The summed E-state index contributed by atoms with van der Waals surface area (Å²) in [5.41, 5.74) is 1.01.